The summed E-state index contributed by atoms with van der Waals surface area (Å²) in [5.41, 5.74) is 3.86. The summed E-state index contributed by atoms with van der Waals surface area (Å²) >= 11 is 3.45. The first-order valence-electron chi connectivity index (χ1n) is 6.21. The lowest BCUT2D eigenvalue weighted by Gasteiger charge is -2.11. The summed E-state index contributed by atoms with van der Waals surface area (Å²) in [7, 11) is 1.57. The minimum Gasteiger partial charge on any atom is -0.495 e. The van der Waals surface area contributed by atoms with Crippen LogP contribution in [0.1, 0.15) is 16.7 Å². The number of methoxy groups -OCH3 is 1. The molecule has 0 atom stereocenters. The highest BCUT2D eigenvalue weighted by Crippen LogP contribution is 2.22. The van der Waals surface area contributed by atoms with Crippen molar-refractivity contribution in [3.63, 3.8) is 0 Å². The fraction of sp³-hybridized carbons (Fsp3) is 0.188. The fourth-order valence-electron chi connectivity index (χ4n) is 1.98. The van der Waals surface area contributed by atoms with Gasteiger partial charge in [0.2, 0.25) is 0 Å². The van der Waals surface area contributed by atoms with Crippen molar-refractivity contribution >= 4 is 21.6 Å². The highest BCUT2D eigenvalue weighted by molar-refractivity contribution is 9.10. The lowest BCUT2D eigenvalue weighted by molar-refractivity contribution is 0.413. The standard InChI is InChI=1S/C16H15BrN2O/c1-11-7-14(17)4-5-15(11)19-10-12-3-6-16(20-2)13(8-12)9-18/h3-8,19H,10H2,1-2H3. The van der Waals surface area contributed by atoms with E-state index in [4.69, 9.17) is 10.00 Å². The van der Waals surface area contributed by atoms with Gasteiger partial charge in [0.25, 0.3) is 0 Å². The Kier molecular flexibility index (Phi) is 4.65. The lowest BCUT2D eigenvalue weighted by Crippen LogP contribution is -2.01. The van der Waals surface area contributed by atoms with Crippen LogP contribution in [0.4, 0.5) is 5.69 Å². The fourth-order valence-corrected chi connectivity index (χ4v) is 2.45. The van der Waals surface area contributed by atoms with Gasteiger partial charge in [-0.1, -0.05) is 22.0 Å². The normalized spacial score (nSPS) is 9.90. The Balaban J connectivity index is 2.13. The second kappa shape index (κ2) is 6.44. The van der Waals surface area contributed by atoms with Crippen LogP contribution < -0.4 is 10.1 Å². The highest BCUT2D eigenvalue weighted by atomic mass is 79.9. The molecule has 4 heteroatoms. The molecule has 3 nitrogen and oxygen atoms in total. The summed E-state index contributed by atoms with van der Waals surface area (Å²) in [6, 6.07) is 13.9. The van der Waals surface area contributed by atoms with E-state index in [0.29, 0.717) is 17.9 Å². The molecule has 2 aromatic carbocycles. The summed E-state index contributed by atoms with van der Waals surface area (Å²) in [4.78, 5) is 0. The van der Waals surface area contributed by atoms with Crippen LogP contribution in [0.15, 0.2) is 40.9 Å². The lowest BCUT2D eigenvalue weighted by atomic mass is 10.1. The number of anilines is 1. The molecule has 0 saturated heterocycles. The number of nitriles is 1. The molecule has 0 aliphatic carbocycles. The molecule has 0 fully saturated rings. The van der Waals surface area contributed by atoms with Crippen LogP contribution in [0.5, 0.6) is 5.75 Å². The van der Waals surface area contributed by atoms with E-state index in [2.05, 4.69) is 40.3 Å². The molecule has 0 heterocycles. The van der Waals surface area contributed by atoms with Gasteiger partial charge in [0.05, 0.1) is 12.7 Å². The molecule has 0 saturated carbocycles. The van der Waals surface area contributed by atoms with Crippen LogP contribution in [-0.4, -0.2) is 7.11 Å². The van der Waals surface area contributed by atoms with Crippen molar-refractivity contribution in [1.82, 2.24) is 0 Å². The second-order valence-corrected chi connectivity index (χ2v) is 5.37. The summed E-state index contributed by atoms with van der Waals surface area (Å²) in [6.45, 7) is 2.73. The van der Waals surface area contributed by atoms with E-state index in [0.717, 1.165) is 15.7 Å². The maximum absolute atomic E-state index is 9.08. The largest absolute Gasteiger partial charge is 0.495 e. The van der Waals surface area contributed by atoms with E-state index in [9.17, 15) is 0 Å². The number of rotatable bonds is 4. The predicted molar refractivity (Wildman–Crippen MR) is 83.9 cm³/mol. The summed E-state index contributed by atoms with van der Waals surface area (Å²) in [6.07, 6.45) is 0. The average molecular weight is 331 g/mol. The average Bonchev–Trinajstić information content (AvgIpc) is 2.46. The molecule has 0 bridgehead atoms. The molecule has 0 aliphatic heterocycles. The van der Waals surface area contributed by atoms with Crippen LogP contribution in [0.25, 0.3) is 0 Å². The van der Waals surface area contributed by atoms with Gasteiger partial charge in [-0.25, -0.2) is 0 Å². The Morgan fingerprint density at radius 1 is 1.25 bits per heavy atom. The second-order valence-electron chi connectivity index (χ2n) is 4.46. The van der Waals surface area contributed by atoms with Gasteiger partial charge in [0, 0.05) is 16.7 Å². The zero-order valence-corrected chi connectivity index (χ0v) is 13.0. The van der Waals surface area contributed by atoms with Crippen LogP contribution in [0.2, 0.25) is 0 Å². The Morgan fingerprint density at radius 3 is 2.70 bits per heavy atom. The summed E-state index contributed by atoms with van der Waals surface area (Å²) in [5.74, 6) is 0.607. The Labute approximate surface area is 127 Å². The van der Waals surface area contributed by atoms with Crippen molar-refractivity contribution in [3.8, 4) is 11.8 Å². The Hall–Kier alpha value is -1.99. The molecule has 20 heavy (non-hydrogen) atoms. The van der Waals surface area contributed by atoms with Gasteiger partial charge in [-0.2, -0.15) is 5.26 Å². The smallest absolute Gasteiger partial charge is 0.136 e. The summed E-state index contributed by atoms with van der Waals surface area (Å²) in [5, 5.41) is 12.5. The quantitative estimate of drug-likeness (QED) is 0.911. The number of aryl methyl sites for hydroxylation is 1. The summed E-state index contributed by atoms with van der Waals surface area (Å²) < 4.78 is 6.20. The molecule has 0 unspecified atom stereocenters. The van der Waals surface area contributed by atoms with Crippen molar-refractivity contribution in [2.75, 3.05) is 12.4 Å². The molecular formula is C16H15BrN2O. The number of hydrogen-bond donors (Lipinski definition) is 1. The minimum absolute atomic E-state index is 0.555. The first kappa shape index (κ1) is 14.4. The Bertz CT molecular complexity index is 662. The van der Waals surface area contributed by atoms with Crippen molar-refractivity contribution in [1.29, 1.82) is 5.26 Å². The van der Waals surface area contributed by atoms with E-state index in [1.165, 1.54) is 5.56 Å². The third kappa shape index (κ3) is 3.31. The number of benzene rings is 2. The maximum Gasteiger partial charge on any atom is 0.136 e. The molecule has 0 amide bonds. The monoisotopic (exact) mass is 330 g/mol. The van der Waals surface area contributed by atoms with Gasteiger partial charge in [0.1, 0.15) is 11.8 Å². The number of nitrogens with zero attached hydrogens (tertiary/aromatic N) is 1. The predicted octanol–water partition coefficient (Wildman–Crippen LogP) is 4.25. The third-order valence-corrected chi connectivity index (χ3v) is 3.55. The van der Waals surface area contributed by atoms with Crippen LogP contribution in [-0.2, 0) is 6.54 Å². The van der Waals surface area contributed by atoms with Crippen molar-refractivity contribution < 1.29 is 4.74 Å². The van der Waals surface area contributed by atoms with Crippen LogP contribution >= 0.6 is 15.9 Å². The van der Waals surface area contributed by atoms with Crippen LogP contribution in [0, 0.1) is 18.3 Å². The molecule has 0 spiro atoms. The van der Waals surface area contributed by atoms with Gasteiger partial charge >= 0.3 is 0 Å². The minimum atomic E-state index is 0.555. The van der Waals surface area contributed by atoms with Gasteiger partial charge in [-0.05, 0) is 48.4 Å². The van der Waals surface area contributed by atoms with Crippen molar-refractivity contribution in [3.05, 3.63) is 57.6 Å². The van der Waals surface area contributed by atoms with Crippen molar-refractivity contribution in [2.45, 2.75) is 13.5 Å². The molecule has 102 valence electrons. The number of nitrogens with one attached hydrogen (secondary N) is 1. The zero-order chi connectivity index (χ0) is 14.5. The molecule has 0 aliphatic rings. The Morgan fingerprint density at radius 2 is 2.05 bits per heavy atom. The molecule has 0 radical (unpaired) electrons. The number of hydrogen-bond acceptors (Lipinski definition) is 3. The topological polar surface area (TPSA) is 45.0 Å². The molecular weight excluding hydrogens is 316 g/mol. The first-order valence-corrected chi connectivity index (χ1v) is 7.00. The first-order chi connectivity index (χ1) is 9.63. The van der Waals surface area contributed by atoms with Gasteiger partial charge in [0.15, 0.2) is 0 Å². The molecule has 1 N–H and O–H groups in total. The molecule has 2 rings (SSSR count). The third-order valence-electron chi connectivity index (χ3n) is 3.06. The van der Waals surface area contributed by atoms with Crippen molar-refractivity contribution in [2.24, 2.45) is 0 Å². The van der Waals surface area contributed by atoms with Gasteiger partial charge in [-0.3, -0.25) is 0 Å². The number of ether oxygens (including phenoxy) is 1. The van der Waals surface area contributed by atoms with E-state index in [1.54, 1.807) is 7.11 Å². The van der Waals surface area contributed by atoms with Gasteiger partial charge in [-0.15, -0.1) is 0 Å². The van der Waals surface area contributed by atoms with Crippen LogP contribution in [0.3, 0.4) is 0 Å². The van der Waals surface area contributed by atoms with Gasteiger partial charge < -0.3 is 10.1 Å². The van der Waals surface area contributed by atoms with E-state index in [-0.39, 0.29) is 0 Å². The molecule has 2 aromatic rings. The maximum atomic E-state index is 9.08. The molecule has 0 aromatic heterocycles. The number of halogens is 1. The SMILES string of the molecule is COc1ccc(CNc2ccc(Br)cc2C)cc1C#N. The van der Waals surface area contributed by atoms with E-state index in [1.807, 2.05) is 30.3 Å². The zero-order valence-electron chi connectivity index (χ0n) is 11.4. The van der Waals surface area contributed by atoms with E-state index >= 15 is 0 Å². The highest BCUT2D eigenvalue weighted by Gasteiger charge is 2.04. The van der Waals surface area contributed by atoms with E-state index < -0.39 is 0 Å².